The molecule has 0 saturated heterocycles. The predicted molar refractivity (Wildman–Crippen MR) is 108 cm³/mol. The number of aryl methyl sites for hydroxylation is 2. The van der Waals surface area contributed by atoms with Crippen LogP contribution in [0.1, 0.15) is 25.0 Å². The zero-order valence-electron chi connectivity index (χ0n) is 17.6. The molecule has 0 aliphatic heterocycles. The number of rotatable bonds is 9. The molecule has 2 amide bonds. The fraction of sp³-hybridized carbons (Fsp3) is 0.526. The van der Waals surface area contributed by atoms with Gasteiger partial charge in [0.25, 0.3) is 5.91 Å². The highest BCUT2D eigenvalue weighted by atomic mass is 32.2. The lowest BCUT2D eigenvalue weighted by Gasteiger charge is -2.22. The monoisotopic (exact) mass is 427 g/mol. The van der Waals surface area contributed by atoms with Crippen molar-refractivity contribution < 1.29 is 27.5 Å². The first-order valence-electron chi connectivity index (χ1n) is 9.09. The van der Waals surface area contributed by atoms with Crippen molar-refractivity contribution in [2.24, 2.45) is 5.92 Å². The Kier molecular flexibility index (Phi) is 8.78. The highest BCUT2D eigenvalue weighted by Gasteiger charge is 2.30. The smallest absolute Gasteiger partial charge is 0.324 e. The maximum absolute atomic E-state index is 12.7. The zero-order valence-corrected chi connectivity index (χ0v) is 18.4. The van der Waals surface area contributed by atoms with E-state index in [0.29, 0.717) is 0 Å². The number of nitrogens with zero attached hydrogens (tertiary/aromatic N) is 1. The molecule has 0 spiro atoms. The minimum absolute atomic E-state index is 0.0421. The fourth-order valence-corrected chi connectivity index (χ4v) is 3.71. The van der Waals surface area contributed by atoms with Gasteiger partial charge < -0.3 is 15.0 Å². The summed E-state index contributed by atoms with van der Waals surface area (Å²) in [6, 6.07) is 3.51. The molecule has 1 atom stereocenters. The molecular formula is C19H29N3O6S. The van der Waals surface area contributed by atoms with E-state index in [1.165, 1.54) is 26.2 Å². The first kappa shape index (κ1) is 24.6. The molecule has 0 aliphatic carbocycles. The number of likely N-dealkylation sites (N-methyl/N-ethyl adjacent to an activating group) is 2. The highest BCUT2D eigenvalue weighted by molar-refractivity contribution is 7.89. The van der Waals surface area contributed by atoms with Crippen LogP contribution in [0.3, 0.4) is 0 Å². The Labute approximate surface area is 171 Å². The molecular weight excluding hydrogens is 398 g/mol. The Morgan fingerprint density at radius 2 is 1.76 bits per heavy atom. The van der Waals surface area contributed by atoms with Gasteiger partial charge in [0.2, 0.25) is 15.9 Å². The SMILES string of the molecule is CNC(=O)CN(C)C(=O)COC(=O)[C@@H](NS(=O)(=O)c1ccc(C)c(C)c1)C(C)C. The number of nitrogens with one attached hydrogen (secondary N) is 2. The van der Waals surface area contributed by atoms with Crippen LogP contribution in [0.25, 0.3) is 0 Å². The molecule has 0 heterocycles. The predicted octanol–water partition coefficient (Wildman–Crippen LogP) is 0.354. The van der Waals surface area contributed by atoms with E-state index in [0.717, 1.165) is 16.0 Å². The molecule has 9 nitrogen and oxygen atoms in total. The van der Waals surface area contributed by atoms with E-state index in [2.05, 4.69) is 10.0 Å². The van der Waals surface area contributed by atoms with Crippen LogP contribution in [-0.4, -0.2) is 64.4 Å². The number of ether oxygens (including phenoxy) is 1. The van der Waals surface area contributed by atoms with Gasteiger partial charge >= 0.3 is 5.97 Å². The van der Waals surface area contributed by atoms with Crippen molar-refractivity contribution in [3.05, 3.63) is 29.3 Å². The fourth-order valence-electron chi connectivity index (χ4n) is 2.29. The topological polar surface area (TPSA) is 122 Å². The molecule has 0 fully saturated rings. The van der Waals surface area contributed by atoms with Crippen LogP contribution < -0.4 is 10.0 Å². The highest BCUT2D eigenvalue weighted by Crippen LogP contribution is 2.16. The van der Waals surface area contributed by atoms with Gasteiger partial charge in [0.15, 0.2) is 6.61 Å². The van der Waals surface area contributed by atoms with Crippen molar-refractivity contribution in [1.29, 1.82) is 0 Å². The van der Waals surface area contributed by atoms with Crippen LogP contribution in [0.2, 0.25) is 0 Å². The molecule has 0 radical (unpaired) electrons. The number of esters is 1. The standard InChI is InChI=1S/C19H29N3O6S/c1-12(2)18(19(25)28-11-17(24)22(6)10-16(23)20-5)21-29(26,27)15-8-7-13(3)14(4)9-15/h7-9,12,18,21H,10-11H2,1-6H3,(H,20,23)/t18-/m0/s1. The zero-order chi connectivity index (χ0) is 22.4. The number of hydrogen-bond donors (Lipinski definition) is 2. The second-order valence-corrected chi connectivity index (χ2v) is 8.83. The quantitative estimate of drug-likeness (QED) is 0.549. The van der Waals surface area contributed by atoms with Crippen molar-refractivity contribution in [3.8, 4) is 0 Å². The molecule has 162 valence electrons. The molecule has 29 heavy (non-hydrogen) atoms. The van der Waals surface area contributed by atoms with Gasteiger partial charge in [0.1, 0.15) is 6.04 Å². The number of carbonyl (C=O) groups excluding carboxylic acids is 3. The minimum Gasteiger partial charge on any atom is -0.454 e. The van der Waals surface area contributed by atoms with Crippen molar-refractivity contribution in [3.63, 3.8) is 0 Å². The summed E-state index contributed by atoms with van der Waals surface area (Å²) in [5.74, 6) is -2.23. The summed E-state index contributed by atoms with van der Waals surface area (Å²) < 4.78 is 32.7. The van der Waals surface area contributed by atoms with E-state index in [4.69, 9.17) is 4.74 Å². The average Bonchev–Trinajstić information content (AvgIpc) is 2.65. The van der Waals surface area contributed by atoms with Gasteiger partial charge in [-0.15, -0.1) is 0 Å². The molecule has 0 unspecified atom stereocenters. The van der Waals surface area contributed by atoms with Gasteiger partial charge in [0.05, 0.1) is 11.4 Å². The summed E-state index contributed by atoms with van der Waals surface area (Å²) in [4.78, 5) is 36.9. The van der Waals surface area contributed by atoms with Gasteiger partial charge in [-0.2, -0.15) is 4.72 Å². The van der Waals surface area contributed by atoms with E-state index < -0.39 is 40.5 Å². The molecule has 1 aromatic carbocycles. The average molecular weight is 428 g/mol. The van der Waals surface area contributed by atoms with E-state index >= 15 is 0 Å². The molecule has 2 N–H and O–H groups in total. The van der Waals surface area contributed by atoms with Crippen molar-refractivity contribution in [1.82, 2.24) is 14.9 Å². The summed E-state index contributed by atoms with van der Waals surface area (Å²) >= 11 is 0. The number of sulfonamides is 1. The third-order valence-corrected chi connectivity index (χ3v) is 5.85. The van der Waals surface area contributed by atoms with Crippen LogP contribution in [0.5, 0.6) is 0 Å². The third-order valence-electron chi connectivity index (χ3n) is 4.41. The van der Waals surface area contributed by atoms with Crippen molar-refractivity contribution in [2.45, 2.75) is 38.6 Å². The Morgan fingerprint density at radius 3 is 2.28 bits per heavy atom. The van der Waals surface area contributed by atoms with Crippen LogP contribution in [0.15, 0.2) is 23.1 Å². The Bertz CT molecular complexity index is 867. The molecule has 10 heteroatoms. The van der Waals surface area contributed by atoms with Gasteiger partial charge in [-0.1, -0.05) is 19.9 Å². The maximum Gasteiger partial charge on any atom is 0.324 e. The van der Waals surface area contributed by atoms with Crippen LogP contribution in [-0.2, 0) is 29.1 Å². The van der Waals surface area contributed by atoms with E-state index in [-0.39, 0.29) is 17.3 Å². The van der Waals surface area contributed by atoms with Crippen LogP contribution >= 0.6 is 0 Å². The summed E-state index contributed by atoms with van der Waals surface area (Å²) in [5.41, 5.74) is 1.75. The lowest BCUT2D eigenvalue weighted by atomic mass is 10.1. The summed E-state index contributed by atoms with van der Waals surface area (Å²) in [7, 11) is -1.13. The first-order valence-corrected chi connectivity index (χ1v) is 10.6. The number of amides is 2. The minimum atomic E-state index is -3.96. The van der Waals surface area contributed by atoms with E-state index in [9.17, 15) is 22.8 Å². The molecule has 0 bridgehead atoms. The normalized spacial score (nSPS) is 12.4. The lowest BCUT2D eigenvalue weighted by molar-refractivity contribution is -0.154. The second kappa shape index (κ2) is 10.4. The Balaban J connectivity index is 2.83. The lowest BCUT2D eigenvalue weighted by Crippen LogP contribution is -2.46. The summed E-state index contributed by atoms with van der Waals surface area (Å²) in [6.07, 6.45) is 0. The maximum atomic E-state index is 12.7. The first-order chi connectivity index (χ1) is 13.4. The molecule has 1 aromatic rings. The van der Waals surface area contributed by atoms with Gasteiger partial charge in [-0.25, -0.2) is 8.42 Å². The molecule has 0 aromatic heterocycles. The van der Waals surface area contributed by atoms with Gasteiger partial charge in [0, 0.05) is 14.1 Å². The summed E-state index contributed by atoms with van der Waals surface area (Å²) in [6.45, 7) is 6.21. The van der Waals surface area contributed by atoms with E-state index in [1.807, 2.05) is 6.92 Å². The van der Waals surface area contributed by atoms with Gasteiger partial charge in [-0.3, -0.25) is 14.4 Å². The number of carbonyl (C=O) groups is 3. The molecule has 0 aliphatic rings. The Hall–Kier alpha value is -2.46. The number of benzene rings is 1. The third kappa shape index (κ3) is 7.13. The van der Waals surface area contributed by atoms with Gasteiger partial charge in [-0.05, 0) is 43.0 Å². The number of hydrogen-bond acceptors (Lipinski definition) is 6. The summed E-state index contributed by atoms with van der Waals surface area (Å²) in [5, 5.41) is 2.38. The van der Waals surface area contributed by atoms with Crippen LogP contribution in [0.4, 0.5) is 0 Å². The van der Waals surface area contributed by atoms with E-state index in [1.54, 1.807) is 26.8 Å². The molecule has 1 rings (SSSR count). The Morgan fingerprint density at radius 1 is 1.14 bits per heavy atom. The van der Waals surface area contributed by atoms with Crippen molar-refractivity contribution in [2.75, 3.05) is 27.2 Å². The van der Waals surface area contributed by atoms with Crippen LogP contribution in [0, 0.1) is 19.8 Å². The molecule has 0 saturated carbocycles. The largest absolute Gasteiger partial charge is 0.454 e. The second-order valence-electron chi connectivity index (χ2n) is 7.12. The van der Waals surface area contributed by atoms with Crippen molar-refractivity contribution >= 4 is 27.8 Å².